The molecule has 2 nitrogen and oxygen atoms in total. The molecule has 0 bridgehead atoms. The van der Waals surface area contributed by atoms with E-state index in [0.717, 1.165) is 12.2 Å². The van der Waals surface area contributed by atoms with Gasteiger partial charge in [-0.2, -0.15) is 0 Å². The van der Waals surface area contributed by atoms with Crippen LogP contribution in [0.2, 0.25) is 0 Å². The summed E-state index contributed by atoms with van der Waals surface area (Å²) in [6.07, 6.45) is 7.23. The highest BCUT2D eigenvalue weighted by Gasteiger charge is 2.31. The van der Waals surface area contributed by atoms with Crippen molar-refractivity contribution in [3.63, 3.8) is 0 Å². The molecule has 0 spiro atoms. The zero-order valence-electron chi connectivity index (χ0n) is 13.0. The molecule has 2 atom stereocenters. The number of hydrogen-bond acceptors (Lipinski definition) is 1. The molecule has 21 heavy (non-hydrogen) atoms. The molecule has 110 valence electrons. The Hall–Kier alpha value is -2.09. The van der Waals surface area contributed by atoms with Crippen molar-refractivity contribution in [2.24, 2.45) is 5.92 Å². The van der Waals surface area contributed by atoms with E-state index in [9.17, 15) is 4.79 Å². The molecule has 1 unspecified atom stereocenters. The summed E-state index contributed by atoms with van der Waals surface area (Å²) in [6, 6.07) is 8.19. The molecule has 0 radical (unpaired) electrons. The van der Waals surface area contributed by atoms with Crippen molar-refractivity contribution < 1.29 is 4.79 Å². The van der Waals surface area contributed by atoms with Crippen LogP contribution in [-0.2, 0) is 4.79 Å². The van der Waals surface area contributed by atoms with E-state index in [2.05, 4.69) is 26.5 Å². The zero-order valence-corrected chi connectivity index (χ0v) is 13.0. The second-order valence-electron chi connectivity index (χ2n) is 5.59. The van der Waals surface area contributed by atoms with Crippen molar-refractivity contribution in [3.8, 4) is 0 Å². The van der Waals surface area contributed by atoms with Gasteiger partial charge in [-0.25, -0.2) is 0 Å². The van der Waals surface area contributed by atoms with E-state index in [1.165, 1.54) is 5.56 Å². The normalized spacial score (nSPS) is 22.2. The van der Waals surface area contributed by atoms with Crippen LogP contribution in [0.25, 0.3) is 0 Å². The number of carbonyl (C=O) groups excluding carboxylic acids is 1. The van der Waals surface area contributed by atoms with E-state index in [1.54, 1.807) is 6.08 Å². The number of fused-ring (bicyclic) bond motifs is 1. The number of allylic oxidation sites excluding steroid dienone is 3. The van der Waals surface area contributed by atoms with Crippen LogP contribution in [0.15, 0.2) is 60.7 Å². The number of amides is 1. The summed E-state index contributed by atoms with van der Waals surface area (Å²) >= 11 is 0. The van der Waals surface area contributed by atoms with Gasteiger partial charge < -0.3 is 4.90 Å². The van der Waals surface area contributed by atoms with Gasteiger partial charge in [0.05, 0.1) is 0 Å². The predicted octanol–water partition coefficient (Wildman–Crippen LogP) is 4.46. The Morgan fingerprint density at radius 2 is 2.05 bits per heavy atom. The average molecular weight is 281 g/mol. The van der Waals surface area contributed by atoms with E-state index in [-0.39, 0.29) is 5.91 Å². The third-order valence-electron chi connectivity index (χ3n) is 4.22. The third-order valence-corrected chi connectivity index (χ3v) is 4.22. The van der Waals surface area contributed by atoms with E-state index in [1.807, 2.05) is 48.3 Å². The molecule has 1 aromatic carbocycles. The lowest BCUT2D eigenvalue weighted by Gasteiger charge is -2.37. The van der Waals surface area contributed by atoms with Gasteiger partial charge in [0.25, 0.3) is 5.91 Å². The number of anilines is 1. The molecule has 1 aliphatic heterocycles. The van der Waals surface area contributed by atoms with Crippen LogP contribution < -0.4 is 4.90 Å². The Bertz CT molecular complexity index is 597. The summed E-state index contributed by atoms with van der Waals surface area (Å²) in [4.78, 5) is 14.7. The lowest BCUT2D eigenvalue weighted by molar-refractivity contribution is -0.115. The van der Waals surface area contributed by atoms with Gasteiger partial charge in [0.1, 0.15) is 0 Å². The fourth-order valence-corrected chi connectivity index (χ4v) is 2.74. The molecule has 0 saturated heterocycles. The van der Waals surface area contributed by atoms with Gasteiger partial charge >= 0.3 is 0 Å². The Kier molecular flexibility index (Phi) is 4.79. The number of benzene rings is 1. The minimum absolute atomic E-state index is 0.0225. The van der Waals surface area contributed by atoms with Crippen LogP contribution in [0, 0.1) is 5.92 Å². The molecular weight excluding hydrogens is 258 g/mol. The van der Waals surface area contributed by atoms with Crippen LogP contribution >= 0.6 is 0 Å². The average Bonchev–Trinajstić information content (AvgIpc) is 2.51. The molecule has 1 aromatic rings. The van der Waals surface area contributed by atoms with Crippen molar-refractivity contribution in [1.29, 1.82) is 0 Å². The highest BCUT2D eigenvalue weighted by molar-refractivity contribution is 6.08. The molecular formula is C19H23NO. The van der Waals surface area contributed by atoms with Crippen molar-refractivity contribution in [2.45, 2.75) is 26.7 Å². The Balaban J connectivity index is 2.42. The predicted molar refractivity (Wildman–Crippen MR) is 89.5 cm³/mol. The summed E-state index contributed by atoms with van der Waals surface area (Å²) in [6.45, 7) is 10.9. The first-order valence-electron chi connectivity index (χ1n) is 7.46. The number of rotatable bonds is 3. The van der Waals surface area contributed by atoms with Crippen LogP contribution in [0.3, 0.4) is 0 Å². The van der Waals surface area contributed by atoms with Crippen molar-refractivity contribution >= 4 is 11.6 Å². The third kappa shape index (κ3) is 2.99. The summed E-state index contributed by atoms with van der Waals surface area (Å²) < 4.78 is 0. The SMILES string of the molecule is C=C/C(=C\C=C/C)C(=O)N1CC(C)[C@@H](C)c2ccccc21. The molecule has 0 N–H and O–H groups in total. The quantitative estimate of drug-likeness (QED) is 0.591. The Morgan fingerprint density at radius 1 is 1.33 bits per heavy atom. The number of hydrogen-bond donors (Lipinski definition) is 0. The smallest absolute Gasteiger partial charge is 0.258 e. The second kappa shape index (κ2) is 6.57. The largest absolute Gasteiger partial charge is 0.308 e. The summed E-state index contributed by atoms with van der Waals surface area (Å²) in [5.74, 6) is 0.933. The maximum atomic E-state index is 12.8. The lowest BCUT2D eigenvalue weighted by Crippen LogP contribution is -2.40. The van der Waals surface area contributed by atoms with Crippen LogP contribution in [-0.4, -0.2) is 12.5 Å². The molecule has 1 heterocycles. The topological polar surface area (TPSA) is 20.3 Å². The maximum Gasteiger partial charge on any atom is 0.258 e. The number of para-hydroxylation sites is 1. The molecule has 1 aliphatic rings. The molecule has 0 aliphatic carbocycles. The fraction of sp³-hybridized carbons (Fsp3) is 0.316. The highest BCUT2D eigenvalue weighted by atomic mass is 16.2. The summed E-state index contributed by atoms with van der Waals surface area (Å²) in [7, 11) is 0. The van der Waals surface area contributed by atoms with Crippen molar-refractivity contribution in [1.82, 2.24) is 0 Å². The Labute approximate surface area is 127 Å². The van der Waals surface area contributed by atoms with E-state index in [4.69, 9.17) is 0 Å². The second-order valence-corrected chi connectivity index (χ2v) is 5.59. The fourth-order valence-electron chi connectivity index (χ4n) is 2.74. The first-order chi connectivity index (χ1) is 10.1. The number of nitrogens with zero attached hydrogens (tertiary/aromatic N) is 1. The molecule has 0 fully saturated rings. The zero-order chi connectivity index (χ0) is 15.4. The summed E-state index contributed by atoms with van der Waals surface area (Å²) in [5, 5.41) is 0. The van der Waals surface area contributed by atoms with Gasteiger partial charge in [-0.3, -0.25) is 4.79 Å². The van der Waals surface area contributed by atoms with Crippen LogP contribution in [0.4, 0.5) is 5.69 Å². The molecule has 2 heteroatoms. The van der Waals surface area contributed by atoms with Gasteiger partial charge in [-0.15, -0.1) is 0 Å². The van der Waals surface area contributed by atoms with E-state index in [0.29, 0.717) is 17.4 Å². The van der Waals surface area contributed by atoms with Crippen molar-refractivity contribution in [2.75, 3.05) is 11.4 Å². The van der Waals surface area contributed by atoms with Gasteiger partial charge in [0.2, 0.25) is 0 Å². The first kappa shape index (κ1) is 15.3. The maximum absolute atomic E-state index is 12.8. The minimum atomic E-state index is 0.0225. The molecule has 2 rings (SSSR count). The van der Waals surface area contributed by atoms with E-state index >= 15 is 0 Å². The van der Waals surface area contributed by atoms with Crippen LogP contribution in [0.5, 0.6) is 0 Å². The standard InChI is InChI=1S/C19H23NO/c1-5-7-10-16(6-2)19(21)20-13-14(3)15(4)17-11-8-9-12-18(17)20/h5-12,14-15H,2,13H2,1,3-4H3/b7-5-,16-10+/t14?,15-/m1/s1. The van der Waals surface area contributed by atoms with Gasteiger partial charge in [-0.1, -0.05) is 56.9 Å². The van der Waals surface area contributed by atoms with E-state index < -0.39 is 0 Å². The Morgan fingerprint density at radius 3 is 2.71 bits per heavy atom. The number of carbonyl (C=O) groups is 1. The van der Waals surface area contributed by atoms with Gasteiger partial charge in [0, 0.05) is 17.8 Å². The minimum Gasteiger partial charge on any atom is -0.308 e. The monoisotopic (exact) mass is 281 g/mol. The van der Waals surface area contributed by atoms with Gasteiger partial charge in [-0.05, 0) is 36.5 Å². The first-order valence-corrected chi connectivity index (χ1v) is 7.46. The molecule has 1 amide bonds. The molecule has 0 aromatic heterocycles. The lowest BCUT2D eigenvalue weighted by atomic mass is 9.83. The van der Waals surface area contributed by atoms with Gasteiger partial charge in [0.15, 0.2) is 0 Å². The van der Waals surface area contributed by atoms with Crippen molar-refractivity contribution in [3.05, 3.63) is 66.3 Å². The highest BCUT2D eigenvalue weighted by Crippen LogP contribution is 2.38. The van der Waals surface area contributed by atoms with Crippen LogP contribution in [0.1, 0.15) is 32.3 Å². The molecule has 0 saturated carbocycles. The summed E-state index contributed by atoms with van der Waals surface area (Å²) in [5.41, 5.74) is 2.91.